The van der Waals surface area contributed by atoms with Gasteiger partial charge in [-0.25, -0.2) is 0 Å². The molecule has 1 aromatic carbocycles. The Hall–Kier alpha value is -1.84. The van der Waals surface area contributed by atoms with Crippen LogP contribution in [-0.4, -0.2) is 17.9 Å². The van der Waals surface area contributed by atoms with E-state index in [1.807, 2.05) is 37.3 Å². The minimum atomic E-state index is -0.463. The summed E-state index contributed by atoms with van der Waals surface area (Å²) in [6.07, 6.45) is 5.20. The van der Waals surface area contributed by atoms with Gasteiger partial charge in [0.15, 0.2) is 0 Å². The van der Waals surface area contributed by atoms with E-state index in [4.69, 9.17) is 0 Å². The van der Waals surface area contributed by atoms with Crippen LogP contribution in [0.4, 0.5) is 0 Å². The van der Waals surface area contributed by atoms with Gasteiger partial charge in [0.25, 0.3) is 0 Å². The number of hydrogen-bond acceptors (Lipinski definition) is 2. The second kappa shape index (κ2) is 9.59. The highest BCUT2D eigenvalue weighted by molar-refractivity contribution is 5.88. The molecule has 138 valence electrons. The van der Waals surface area contributed by atoms with Gasteiger partial charge in [0.1, 0.15) is 6.04 Å². The zero-order valence-electron chi connectivity index (χ0n) is 15.8. The van der Waals surface area contributed by atoms with E-state index in [1.54, 1.807) is 0 Å². The van der Waals surface area contributed by atoms with E-state index in [-0.39, 0.29) is 23.7 Å². The van der Waals surface area contributed by atoms with Gasteiger partial charge in [-0.2, -0.15) is 0 Å². The smallest absolute Gasteiger partial charge is 0.243 e. The number of benzene rings is 1. The maximum atomic E-state index is 12.7. The maximum Gasteiger partial charge on any atom is 0.243 e. The summed E-state index contributed by atoms with van der Waals surface area (Å²) in [5, 5.41) is 6.03. The van der Waals surface area contributed by atoms with Gasteiger partial charge in [-0.15, -0.1) is 0 Å². The summed E-state index contributed by atoms with van der Waals surface area (Å²) in [5.74, 6) is 0.516. The standard InChI is InChI=1S/C21H32N2O2/c1-4-15(2)19(21(25)22-14-17-11-6-5-7-12-17)23-20(24)18-13-9-8-10-16(18)3/h5-7,11-12,15-16,18-19H,4,8-10,13-14H2,1-3H3,(H,22,25)(H,23,24)/t15-,16-,18-,19-/m0/s1. The number of rotatable bonds is 7. The fourth-order valence-electron chi connectivity index (χ4n) is 3.56. The average Bonchev–Trinajstić information content (AvgIpc) is 2.64. The summed E-state index contributed by atoms with van der Waals surface area (Å²) in [7, 11) is 0. The Morgan fingerprint density at radius 1 is 1.16 bits per heavy atom. The summed E-state index contributed by atoms with van der Waals surface area (Å²) >= 11 is 0. The molecule has 0 saturated heterocycles. The molecule has 2 rings (SSSR count). The van der Waals surface area contributed by atoms with Crippen molar-refractivity contribution in [2.75, 3.05) is 0 Å². The summed E-state index contributed by atoms with van der Waals surface area (Å²) in [4.78, 5) is 25.4. The highest BCUT2D eigenvalue weighted by Gasteiger charge is 2.32. The first kappa shape index (κ1) is 19.5. The molecule has 4 atom stereocenters. The van der Waals surface area contributed by atoms with Crippen molar-refractivity contribution in [3.05, 3.63) is 35.9 Å². The molecule has 4 heteroatoms. The van der Waals surface area contributed by atoms with Crippen LogP contribution < -0.4 is 10.6 Å². The van der Waals surface area contributed by atoms with E-state index in [9.17, 15) is 9.59 Å². The highest BCUT2D eigenvalue weighted by Crippen LogP contribution is 2.29. The fourth-order valence-corrected chi connectivity index (χ4v) is 3.56. The van der Waals surface area contributed by atoms with Gasteiger partial charge in [-0.1, -0.05) is 70.4 Å². The molecular weight excluding hydrogens is 312 g/mol. The third-order valence-electron chi connectivity index (χ3n) is 5.55. The minimum absolute atomic E-state index is 0.0437. The zero-order chi connectivity index (χ0) is 18.2. The van der Waals surface area contributed by atoms with Crippen LogP contribution >= 0.6 is 0 Å². The number of carbonyl (C=O) groups excluding carboxylic acids is 2. The van der Waals surface area contributed by atoms with E-state index in [1.165, 1.54) is 6.42 Å². The molecule has 2 N–H and O–H groups in total. The molecule has 1 saturated carbocycles. The van der Waals surface area contributed by atoms with Gasteiger partial charge in [0, 0.05) is 12.5 Å². The quantitative estimate of drug-likeness (QED) is 0.793. The summed E-state index contributed by atoms with van der Waals surface area (Å²) in [5.41, 5.74) is 1.06. The molecule has 0 unspecified atom stereocenters. The molecular formula is C21H32N2O2. The van der Waals surface area contributed by atoms with Crippen LogP contribution in [0, 0.1) is 17.8 Å². The lowest BCUT2D eigenvalue weighted by molar-refractivity contribution is -0.134. The Morgan fingerprint density at radius 3 is 2.48 bits per heavy atom. The lowest BCUT2D eigenvalue weighted by Gasteiger charge is -2.31. The first-order valence-corrected chi connectivity index (χ1v) is 9.65. The molecule has 2 amide bonds. The largest absolute Gasteiger partial charge is 0.350 e. The molecule has 25 heavy (non-hydrogen) atoms. The molecule has 0 bridgehead atoms. The topological polar surface area (TPSA) is 58.2 Å². The van der Waals surface area contributed by atoms with Gasteiger partial charge in [0.2, 0.25) is 11.8 Å². The van der Waals surface area contributed by atoms with E-state index < -0.39 is 6.04 Å². The number of carbonyl (C=O) groups is 2. The first-order chi connectivity index (χ1) is 12.0. The number of amides is 2. The van der Waals surface area contributed by atoms with Crippen LogP contribution in [0.2, 0.25) is 0 Å². The molecule has 1 aromatic rings. The van der Waals surface area contributed by atoms with Crippen LogP contribution in [0.5, 0.6) is 0 Å². The molecule has 1 fully saturated rings. The third-order valence-corrected chi connectivity index (χ3v) is 5.55. The van der Waals surface area contributed by atoms with E-state index in [0.29, 0.717) is 12.5 Å². The van der Waals surface area contributed by atoms with Crippen molar-refractivity contribution in [1.82, 2.24) is 10.6 Å². The lowest BCUT2D eigenvalue weighted by atomic mass is 9.79. The van der Waals surface area contributed by atoms with Crippen molar-refractivity contribution in [2.45, 2.75) is 65.5 Å². The van der Waals surface area contributed by atoms with E-state index in [0.717, 1.165) is 31.2 Å². The van der Waals surface area contributed by atoms with Crippen molar-refractivity contribution < 1.29 is 9.59 Å². The zero-order valence-corrected chi connectivity index (χ0v) is 15.8. The molecule has 1 aliphatic carbocycles. The Balaban J connectivity index is 1.97. The molecule has 0 spiro atoms. The van der Waals surface area contributed by atoms with Crippen molar-refractivity contribution >= 4 is 11.8 Å². The molecule has 4 nitrogen and oxygen atoms in total. The predicted octanol–water partition coefficient (Wildman–Crippen LogP) is 3.66. The van der Waals surface area contributed by atoms with Crippen LogP contribution in [0.1, 0.15) is 58.4 Å². The Morgan fingerprint density at radius 2 is 1.84 bits per heavy atom. The van der Waals surface area contributed by atoms with Crippen LogP contribution in [-0.2, 0) is 16.1 Å². The van der Waals surface area contributed by atoms with E-state index in [2.05, 4.69) is 24.5 Å². The van der Waals surface area contributed by atoms with E-state index >= 15 is 0 Å². The fraction of sp³-hybridized carbons (Fsp3) is 0.619. The van der Waals surface area contributed by atoms with Gasteiger partial charge in [-0.3, -0.25) is 9.59 Å². The Bertz CT molecular complexity index is 558. The van der Waals surface area contributed by atoms with Crippen LogP contribution in [0.3, 0.4) is 0 Å². The summed E-state index contributed by atoms with van der Waals surface area (Å²) < 4.78 is 0. The molecule has 0 aliphatic heterocycles. The predicted molar refractivity (Wildman–Crippen MR) is 101 cm³/mol. The third kappa shape index (κ3) is 5.58. The minimum Gasteiger partial charge on any atom is -0.350 e. The van der Waals surface area contributed by atoms with Crippen LogP contribution in [0.25, 0.3) is 0 Å². The van der Waals surface area contributed by atoms with Crippen LogP contribution in [0.15, 0.2) is 30.3 Å². The van der Waals surface area contributed by atoms with Gasteiger partial charge >= 0.3 is 0 Å². The molecule has 0 heterocycles. The first-order valence-electron chi connectivity index (χ1n) is 9.65. The Labute approximate surface area is 151 Å². The van der Waals surface area contributed by atoms with Crippen molar-refractivity contribution in [1.29, 1.82) is 0 Å². The monoisotopic (exact) mass is 344 g/mol. The van der Waals surface area contributed by atoms with Crippen molar-refractivity contribution in [3.63, 3.8) is 0 Å². The van der Waals surface area contributed by atoms with Crippen molar-refractivity contribution in [2.24, 2.45) is 17.8 Å². The van der Waals surface area contributed by atoms with Gasteiger partial charge < -0.3 is 10.6 Å². The summed E-state index contributed by atoms with van der Waals surface area (Å²) in [6, 6.07) is 9.38. The second-order valence-electron chi connectivity index (χ2n) is 7.44. The summed E-state index contributed by atoms with van der Waals surface area (Å²) in [6.45, 7) is 6.72. The average molecular weight is 344 g/mol. The Kier molecular flexibility index (Phi) is 7.48. The lowest BCUT2D eigenvalue weighted by Crippen LogP contribution is -2.52. The number of hydrogen-bond donors (Lipinski definition) is 2. The SMILES string of the molecule is CC[C@H](C)[C@H](NC(=O)[C@H]1CCCC[C@@H]1C)C(=O)NCc1ccccc1. The van der Waals surface area contributed by atoms with Gasteiger partial charge in [-0.05, 0) is 30.2 Å². The maximum absolute atomic E-state index is 12.7. The molecule has 0 radical (unpaired) electrons. The van der Waals surface area contributed by atoms with Gasteiger partial charge in [0.05, 0.1) is 0 Å². The van der Waals surface area contributed by atoms with Crippen molar-refractivity contribution in [3.8, 4) is 0 Å². The molecule has 0 aromatic heterocycles. The number of nitrogens with one attached hydrogen (secondary N) is 2. The normalized spacial score (nSPS) is 22.7. The second-order valence-corrected chi connectivity index (χ2v) is 7.44. The highest BCUT2D eigenvalue weighted by atomic mass is 16.2. The molecule has 1 aliphatic rings.